The Morgan fingerprint density at radius 2 is 2.07 bits per heavy atom. The number of halogens is 2. The van der Waals surface area contributed by atoms with Crippen LogP contribution in [0.4, 0.5) is 14.5 Å². The van der Waals surface area contributed by atoms with E-state index >= 15 is 0 Å². The molecule has 0 atom stereocenters. The molecule has 0 saturated carbocycles. The molecule has 2 heterocycles. The van der Waals surface area contributed by atoms with E-state index in [4.69, 9.17) is 4.42 Å². The Hall–Kier alpha value is -3.07. The van der Waals surface area contributed by atoms with Gasteiger partial charge in [0, 0.05) is 30.6 Å². The molecule has 0 radical (unpaired) electrons. The summed E-state index contributed by atoms with van der Waals surface area (Å²) in [4.78, 5) is 30.1. The van der Waals surface area contributed by atoms with Crippen LogP contribution in [0.1, 0.15) is 26.6 Å². The van der Waals surface area contributed by atoms with Crippen molar-refractivity contribution in [2.75, 3.05) is 12.4 Å². The van der Waals surface area contributed by atoms with Crippen LogP contribution in [0.15, 0.2) is 40.5 Å². The van der Waals surface area contributed by atoms with E-state index in [-0.39, 0.29) is 24.2 Å². The van der Waals surface area contributed by atoms with Gasteiger partial charge >= 0.3 is 0 Å². The lowest BCUT2D eigenvalue weighted by atomic mass is 10.1. The Labute approximate surface area is 163 Å². The number of rotatable bonds is 6. The van der Waals surface area contributed by atoms with Gasteiger partial charge in [-0.2, -0.15) is 0 Å². The van der Waals surface area contributed by atoms with Crippen LogP contribution >= 0.6 is 11.3 Å². The molecular weight excluding hydrogens is 388 g/mol. The standard InChI is InChI=1S/C19H17F2N3O3S/c1-11-22-13(10-28-11)5-18(25)23-17-6-14(15(20)7-16(17)21)19(26)24(2)8-12-3-4-27-9-12/h3-4,6-7,9-10H,5,8H2,1-2H3,(H,23,25). The summed E-state index contributed by atoms with van der Waals surface area (Å²) < 4.78 is 33.2. The van der Waals surface area contributed by atoms with Crippen LogP contribution in [0, 0.1) is 18.6 Å². The summed E-state index contributed by atoms with van der Waals surface area (Å²) in [5.41, 5.74) is 0.676. The zero-order valence-electron chi connectivity index (χ0n) is 15.2. The molecule has 0 aliphatic heterocycles. The molecule has 28 heavy (non-hydrogen) atoms. The molecule has 146 valence electrons. The van der Waals surface area contributed by atoms with Gasteiger partial charge in [-0.25, -0.2) is 13.8 Å². The minimum atomic E-state index is -1.00. The summed E-state index contributed by atoms with van der Waals surface area (Å²) in [5.74, 6) is -3.13. The van der Waals surface area contributed by atoms with Gasteiger partial charge in [-0.3, -0.25) is 9.59 Å². The highest BCUT2D eigenvalue weighted by Crippen LogP contribution is 2.22. The first-order valence-electron chi connectivity index (χ1n) is 8.30. The largest absolute Gasteiger partial charge is 0.472 e. The minimum absolute atomic E-state index is 0.0508. The lowest BCUT2D eigenvalue weighted by Crippen LogP contribution is -2.27. The zero-order chi connectivity index (χ0) is 20.3. The molecule has 2 aromatic heterocycles. The summed E-state index contributed by atoms with van der Waals surface area (Å²) in [6.07, 6.45) is 2.88. The molecular formula is C19H17F2N3O3S. The van der Waals surface area contributed by atoms with Gasteiger partial charge < -0.3 is 14.6 Å². The van der Waals surface area contributed by atoms with E-state index in [0.29, 0.717) is 11.8 Å². The monoisotopic (exact) mass is 405 g/mol. The number of nitrogens with zero attached hydrogens (tertiary/aromatic N) is 2. The smallest absolute Gasteiger partial charge is 0.256 e. The van der Waals surface area contributed by atoms with Crippen molar-refractivity contribution in [3.05, 3.63) is 69.6 Å². The third kappa shape index (κ3) is 4.61. The molecule has 2 amide bonds. The molecule has 3 aromatic rings. The van der Waals surface area contributed by atoms with E-state index in [1.54, 1.807) is 11.4 Å². The molecule has 9 heteroatoms. The van der Waals surface area contributed by atoms with Crippen molar-refractivity contribution in [3.8, 4) is 0 Å². The number of aryl methyl sites for hydroxylation is 1. The van der Waals surface area contributed by atoms with Gasteiger partial charge in [-0.15, -0.1) is 11.3 Å². The average molecular weight is 405 g/mol. The second-order valence-corrected chi connectivity index (χ2v) is 7.25. The first-order valence-corrected chi connectivity index (χ1v) is 9.18. The fourth-order valence-corrected chi connectivity index (χ4v) is 3.20. The van der Waals surface area contributed by atoms with Crippen molar-refractivity contribution in [2.24, 2.45) is 0 Å². The number of hydrogen-bond donors (Lipinski definition) is 1. The number of thiazole rings is 1. The van der Waals surface area contributed by atoms with Crippen LogP contribution in [0.2, 0.25) is 0 Å². The van der Waals surface area contributed by atoms with E-state index in [1.165, 1.54) is 35.8 Å². The number of nitrogens with one attached hydrogen (secondary N) is 1. The first kappa shape index (κ1) is 19.7. The summed E-state index contributed by atoms with van der Waals surface area (Å²) in [6, 6.07) is 3.27. The summed E-state index contributed by atoms with van der Waals surface area (Å²) >= 11 is 1.40. The molecule has 0 saturated heterocycles. The number of aromatic nitrogens is 1. The van der Waals surface area contributed by atoms with Crippen molar-refractivity contribution in [1.29, 1.82) is 0 Å². The Kier molecular flexibility index (Phi) is 5.84. The number of carbonyl (C=O) groups excluding carboxylic acids is 2. The van der Waals surface area contributed by atoms with Crippen LogP contribution in [0.5, 0.6) is 0 Å². The van der Waals surface area contributed by atoms with E-state index in [0.717, 1.165) is 16.6 Å². The first-order chi connectivity index (χ1) is 13.3. The molecule has 1 aromatic carbocycles. The van der Waals surface area contributed by atoms with Gasteiger partial charge in [0.1, 0.15) is 11.6 Å². The number of carbonyl (C=O) groups is 2. The van der Waals surface area contributed by atoms with E-state index in [9.17, 15) is 18.4 Å². The molecule has 0 fully saturated rings. The summed E-state index contributed by atoms with van der Waals surface area (Å²) in [5, 5.41) is 4.91. The van der Waals surface area contributed by atoms with Crippen LogP contribution < -0.4 is 5.32 Å². The Morgan fingerprint density at radius 1 is 1.29 bits per heavy atom. The predicted octanol–water partition coefficient (Wildman–Crippen LogP) is 3.78. The van der Waals surface area contributed by atoms with Crippen LogP contribution in [0.25, 0.3) is 0 Å². The maximum absolute atomic E-state index is 14.2. The Balaban J connectivity index is 1.75. The lowest BCUT2D eigenvalue weighted by Gasteiger charge is -2.17. The van der Waals surface area contributed by atoms with E-state index in [1.807, 2.05) is 6.92 Å². The third-order valence-electron chi connectivity index (χ3n) is 3.92. The van der Waals surface area contributed by atoms with Gasteiger partial charge in [-0.1, -0.05) is 0 Å². The lowest BCUT2D eigenvalue weighted by molar-refractivity contribution is -0.115. The maximum Gasteiger partial charge on any atom is 0.256 e. The third-order valence-corrected chi connectivity index (χ3v) is 4.74. The molecule has 3 rings (SSSR count). The Morgan fingerprint density at radius 3 is 2.71 bits per heavy atom. The van der Waals surface area contributed by atoms with E-state index in [2.05, 4.69) is 10.3 Å². The number of amides is 2. The van der Waals surface area contributed by atoms with E-state index < -0.39 is 23.4 Å². The quantitative estimate of drug-likeness (QED) is 0.677. The van der Waals surface area contributed by atoms with Crippen molar-refractivity contribution in [3.63, 3.8) is 0 Å². The molecule has 0 aliphatic carbocycles. The second kappa shape index (κ2) is 8.30. The number of furan rings is 1. The number of benzene rings is 1. The zero-order valence-corrected chi connectivity index (χ0v) is 16.0. The second-order valence-electron chi connectivity index (χ2n) is 6.19. The van der Waals surface area contributed by atoms with Gasteiger partial charge in [-0.05, 0) is 19.1 Å². The van der Waals surface area contributed by atoms with Gasteiger partial charge in [0.2, 0.25) is 5.91 Å². The Bertz CT molecular complexity index is 1000. The summed E-state index contributed by atoms with van der Waals surface area (Å²) in [6.45, 7) is 2.00. The van der Waals surface area contributed by atoms with Crippen molar-refractivity contribution < 1.29 is 22.8 Å². The molecule has 1 N–H and O–H groups in total. The maximum atomic E-state index is 14.2. The van der Waals surface area contributed by atoms with Gasteiger partial charge in [0.05, 0.1) is 40.9 Å². The highest BCUT2D eigenvalue weighted by Gasteiger charge is 2.21. The van der Waals surface area contributed by atoms with Crippen molar-refractivity contribution in [1.82, 2.24) is 9.88 Å². The molecule has 0 spiro atoms. The van der Waals surface area contributed by atoms with Crippen LogP contribution in [0.3, 0.4) is 0 Å². The number of anilines is 1. The van der Waals surface area contributed by atoms with Gasteiger partial charge in [0.25, 0.3) is 5.91 Å². The molecule has 0 bridgehead atoms. The van der Waals surface area contributed by atoms with Crippen LogP contribution in [-0.2, 0) is 17.8 Å². The van der Waals surface area contributed by atoms with Crippen molar-refractivity contribution in [2.45, 2.75) is 19.9 Å². The topological polar surface area (TPSA) is 75.4 Å². The molecule has 6 nitrogen and oxygen atoms in total. The number of hydrogen-bond acceptors (Lipinski definition) is 5. The predicted molar refractivity (Wildman–Crippen MR) is 100 cm³/mol. The fraction of sp³-hybridized carbons (Fsp3) is 0.211. The van der Waals surface area contributed by atoms with Crippen molar-refractivity contribution >= 4 is 28.8 Å². The fourth-order valence-electron chi connectivity index (χ4n) is 2.59. The highest BCUT2D eigenvalue weighted by atomic mass is 32.1. The molecule has 0 unspecified atom stereocenters. The van der Waals surface area contributed by atoms with Gasteiger partial charge in [0.15, 0.2) is 0 Å². The minimum Gasteiger partial charge on any atom is -0.472 e. The highest BCUT2D eigenvalue weighted by molar-refractivity contribution is 7.09. The van der Waals surface area contributed by atoms with Crippen LogP contribution in [-0.4, -0.2) is 28.7 Å². The summed E-state index contributed by atoms with van der Waals surface area (Å²) in [7, 11) is 1.49. The average Bonchev–Trinajstić information content (AvgIpc) is 3.28. The molecule has 0 aliphatic rings. The normalized spacial score (nSPS) is 10.7. The SMILES string of the molecule is Cc1nc(CC(=O)Nc2cc(C(=O)N(C)Cc3ccoc3)c(F)cc2F)cs1.